The number of benzene rings is 1. The van der Waals surface area contributed by atoms with E-state index >= 15 is 0 Å². The van der Waals surface area contributed by atoms with Gasteiger partial charge in [0, 0.05) is 0 Å². The highest BCUT2D eigenvalue weighted by Crippen LogP contribution is 2.20. The molecule has 0 unspecified atom stereocenters. The summed E-state index contributed by atoms with van der Waals surface area (Å²) in [6, 6.07) is 7.16. The van der Waals surface area contributed by atoms with Crippen molar-refractivity contribution in [2.75, 3.05) is 7.11 Å². The SMILES string of the molecule is COc1ccc(C(Cl)=CC=O)cc1. The van der Waals surface area contributed by atoms with Gasteiger partial charge in [-0.25, -0.2) is 0 Å². The second-order valence-corrected chi connectivity index (χ2v) is 2.79. The summed E-state index contributed by atoms with van der Waals surface area (Å²) in [6.45, 7) is 0. The highest BCUT2D eigenvalue weighted by Gasteiger charge is 1.97. The van der Waals surface area contributed by atoms with E-state index < -0.39 is 0 Å². The van der Waals surface area contributed by atoms with Gasteiger partial charge in [-0.15, -0.1) is 0 Å². The van der Waals surface area contributed by atoms with Crippen LogP contribution in [0.4, 0.5) is 0 Å². The fourth-order valence-electron chi connectivity index (χ4n) is 0.906. The van der Waals surface area contributed by atoms with Gasteiger partial charge < -0.3 is 4.74 Å². The van der Waals surface area contributed by atoms with Crippen LogP contribution in [-0.2, 0) is 4.79 Å². The van der Waals surface area contributed by atoms with Crippen molar-refractivity contribution in [3.63, 3.8) is 0 Å². The first-order valence-corrected chi connectivity index (χ1v) is 4.11. The lowest BCUT2D eigenvalue weighted by Gasteiger charge is -2.00. The number of carbonyl (C=O) groups is 1. The van der Waals surface area contributed by atoms with Crippen LogP contribution < -0.4 is 4.74 Å². The number of rotatable bonds is 3. The number of allylic oxidation sites excluding steroid dienone is 1. The lowest BCUT2D eigenvalue weighted by molar-refractivity contribution is -0.104. The molecule has 0 atom stereocenters. The zero-order chi connectivity index (χ0) is 9.68. The van der Waals surface area contributed by atoms with Gasteiger partial charge >= 0.3 is 0 Å². The first kappa shape index (κ1) is 9.81. The summed E-state index contributed by atoms with van der Waals surface area (Å²) in [5.41, 5.74) is 0.801. The standard InChI is InChI=1S/C10H9ClO2/c1-13-9-4-2-8(3-5-9)10(11)6-7-12/h2-7H,1H3. The van der Waals surface area contributed by atoms with Crippen LogP contribution in [0.5, 0.6) is 5.75 Å². The Balaban J connectivity index is 2.91. The molecular weight excluding hydrogens is 188 g/mol. The predicted octanol–water partition coefficient (Wildman–Crippen LogP) is 2.47. The molecular formula is C10H9ClO2. The van der Waals surface area contributed by atoms with E-state index in [-0.39, 0.29) is 0 Å². The number of hydrogen-bond donors (Lipinski definition) is 0. The zero-order valence-corrected chi connectivity index (χ0v) is 7.91. The maximum Gasteiger partial charge on any atom is 0.144 e. The fraction of sp³-hybridized carbons (Fsp3) is 0.100. The van der Waals surface area contributed by atoms with Crippen LogP contribution in [0.2, 0.25) is 0 Å². The highest BCUT2D eigenvalue weighted by atomic mass is 35.5. The molecule has 1 rings (SSSR count). The Kier molecular flexibility index (Phi) is 3.53. The molecule has 0 fully saturated rings. The van der Waals surface area contributed by atoms with Crippen LogP contribution in [-0.4, -0.2) is 13.4 Å². The first-order chi connectivity index (χ1) is 6.27. The number of halogens is 1. The highest BCUT2D eigenvalue weighted by molar-refractivity contribution is 6.49. The average Bonchev–Trinajstić information content (AvgIpc) is 2.18. The molecule has 13 heavy (non-hydrogen) atoms. The quantitative estimate of drug-likeness (QED) is 0.549. The normalized spacial score (nSPS) is 11.1. The third kappa shape index (κ3) is 2.60. The molecule has 3 heteroatoms. The van der Waals surface area contributed by atoms with Gasteiger partial charge in [0.1, 0.15) is 12.0 Å². The van der Waals surface area contributed by atoms with Gasteiger partial charge in [-0.2, -0.15) is 0 Å². The van der Waals surface area contributed by atoms with Crippen molar-refractivity contribution in [1.82, 2.24) is 0 Å². The lowest BCUT2D eigenvalue weighted by atomic mass is 10.2. The Morgan fingerprint density at radius 1 is 1.38 bits per heavy atom. The maximum atomic E-state index is 10.1. The van der Waals surface area contributed by atoms with Gasteiger partial charge in [-0.05, 0) is 35.9 Å². The minimum absolute atomic E-state index is 0.428. The Morgan fingerprint density at radius 2 is 2.00 bits per heavy atom. The second-order valence-electron chi connectivity index (χ2n) is 2.38. The molecule has 68 valence electrons. The number of hydrogen-bond acceptors (Lipinski definition) is 2. The molecule has 0 N–H and O–H groups in total. The Morgan fingerprint density at radius 3 is 2.46 bits per heavy atom. The molecule has 0 radical (unpaired) electrons. The maximum absolute atomic E-state index is 10.1. The van der Waals surface area contributed by atoms with Crippen LogP contribution in [0.25, 0.3) is 5.03 Å². The topological polar surface area (TPSA) is 26.3 Å². The van der Waals surface area contributed by atoms with Crippen molar-refractivity contribution >= 4 is 22.9 Å². The van der Waals surface area contributed by atoms with Crippen molar-refractivity contribution in [3.05, 3.63) is 35.9 Å². The average molecular weight is 197 g/mol. The van der Waals surface area contributed by atoms with Crippen molar-refractivity contribution in [1.29, 1.82) is 0 Å². The first-order valence-electron chi connectivity index (χ1n) is 3.73. The van der Waals surface area contributed by atoms with E-state index in [1.54, 1.807) is 31.4 Å². The van der Waals surface area contributed by atoms with Crippen molar-refractivity contribution < 1.29 is 9.53 Å². The van der Waals surface area contributed by atoms with Crippen LogP contribution in [0, 0.1) is 0 Å². The van der Waals surface area contributed by atoms with Gasteiger partial charge in [0.15, 0.2) is 0 Å². The van der Waals surface area contributed by atoms with Gasteiger partial charge in [0.05, 0.1) is 12.1 Å². The molecule has 0 spiro atoms. The summed E-state index contributed by atoms with van der Waals surface area (Å²) in [6.07, 6.45) is 1.97. The number of aldehydes is 1. The smallest absolute Gasteiger partial charge is 0.144 e. The zero-order valence-electron chi connectivity index (χ0n) is 7.16. The number of carbonyl (C=O) groups excluding carboxylic acids is 1. The lowest BCUT2D eigenvalue weighted by Crippen LogP contribution is -1.83. The summed E-state index contributed by atoms with van der Waals surface area (Å²) in [4.78, 5) is 10.1. The van der Waals surface area contributed by atoms with Crippen LogP contribution in [0.1, 0.15) is 5.56 Å². The Labute approximate surface area is 81.8 Å². The summed E-state index contributed by atoms with van der Waals surface area (Å²) in [7, 11) is 1.60. The summed E-state index contributed by atoms with van der Waals surface area (Å²) in [5.74, 6) is 0.763. The predicted molar refractivity (Wildman–Crippen MR) is 52.9 cm³/mol. The molecule has 1 aromatic carbocycles. The number of methoxy groups -OCH3 is 1. The molecule has 2 nitrogen and oxygen atoms in total. The second kappa shape index (κ2) is 4.67. The van der Waals surface area contributed by atoms with Gasteiger partial charge in [-0.3, -0.25) is 4.79 Å². The van der Waals surface area contributed by atoms with E-state index in [9.17, 15) is 4.79 Å². The van der Waals surface area contributed by atoms with Crippen LogP contribution >= 0.6 is 11.6 Å². The van der Waals surface area contributed by atoms with Crippen molar-refractivity contribution in [3.8, 4) is 5.75 Å². The number of ether oxygens (including phenoxy) is 1. The molecule has 0 saturated heterocycles. The third-order valence-corrected chi connectivity index (χ3v) is 1.92. The largest absolute Gasteiger partial charge is 0.497 e. The summed E-state index contributed by atoms with van der Waals surface area (Å²) < 4.78 is 4.98. The van der Waals surface area contributed by atoms with Crippen molar-refractivity contribution in [2.45, 2.75) is 0 Å². The Bertz CT molecular complexity index is 314. The molecule has 0 aliphatic carbocycles. The third-order valence-electron chi connectivity index (χ3n) is 1.58. The van der Waals surface area contributed by atoms with Crippen molar-refractivity contribution in [2.24, 2.45) is 0 Å². The monoisotopic (exact) mass is 196 g/mol. The van der Waals surface area contributed by atoms with E-state index in [1.165, 1.54) is 6.08 Å². The minimum atomic E-state index is 0.428. The van der Waals surface area contributed by atoms with Gasteiger partial charge in [-0.1, -0.05) is 11.6 Å². The molecule has 0 aliphatic heterocycles. The molecule has 0 heterocycles. The molecule has 0 amide bonds. The molecule has 0 aromatic heterocycles. The molecule has 1 aromatic rings. The molecule has 0 aliphatic rings. The van der Waals surface area contributed by atoms with E-state index in [0.29, 0.717) is 11.3 Å². The van der Waals surface area contributed by atoms with E-state index in [0.717, 1.165) is 11.3 Å². The summed E-state index contributed by atoms with van der Waals surface area (Å²) >= 11 is 5.79. The minimum Gasteiger partial charge on any atom is -0.497 e. The molecule has 0 bridgehead atoms. The molecule has 0 saturated carbocycles. The Hall–Kier alpha value is -1.28. The van der Waals surface area contributed by atoms with E-state index in [1.807, 2.05) is 0 Å². The van der Waals surface area contributed by atoms with Gasteiger partial charge in [0.25, 0.3) is 0 Å². The fourth-order valence-corrected chi connectivity index (χ4v) is 1.08. The van der Waals surface area contributed by atoms with E-state index in [4.69, 9.17) is 16.3 Å². The summed E-state index contributed by atoms with van der Waals surface area (Å²) in [5, 5.41) is 0.428. The van der Waals surface area contributed by atoms with Gasteiger partial charge in [0.2, 0.25) is 0 Å². The van der Waals surface area contributed by atoms with Crippen LogP contribution in [0.15, 0.2) is 30.3 Å². The van der Waals surface area contributed by atoms with E-state index in [2.05, 4.69) is 0 Å². The van der Waals surface area contributed by atoms with Crippen LogP contribution in [0.3, 0.4) is 0 Å².